The third kappa shape index (κ3) is 7.37. The maximum atomic E-state index is 11.8. The van der Waals surface area contributed by atoms with Crippen LogP contribution < -0.4 is 10.7 Å². The van der Waals surface area contributed by atoms with E-state index >= 15 is 0 Å². The highest BCUT2D eigenvalue weighted by molar-refractivity contribution is 5.92. The SMILES string of the molecule is O=C(CCCCCCC(=O)Nc1ccccc1O)NN=C1CCCC1. The molecule has 2 rings (SSSR count). The van der Waals surface area contributed by atoms with E-state index in [4.69, 9.17) is 0 Å². The van der Waals surface area contributed by atoms with Crippen molar-refractivity contribution < 1.29 is 14.7 Å². The summed E-state index contributed by atoms with van der Waals surface area (Å²) in [6, 6.07) is 6.68. The third-order valence-corrected chi connectivity index (χ3v) is 4.26. The van der Waals surface area contributed by atoms with Gasteiger partial charge in [0.05, 0.1) is 5.69 Å². The molecule has 0 aromatic heterocycles. The van der Waals surface area contributed by atoms with Crippen molar-refractivity contribution in [2.24, 2.45) is 5.10 Å². The van der Waals surface area contributed by atoms with Gasteiger partial charge < -0.3 is 10.4 Å². The van der Waals surface area contributed by atoms with Crippen LogP contribution in [0.1, 0.15) is 64.2 Å². The fraction of sp³-hybridized carbons (Fsp3) is 0.526. The number of nitrogens with one attached hydrogen (secondary N) is 2. The number of anilines is 1. The minimum atomic E-state index is -0.105. The molecule has 136 valence electrons. The van der Waals surface area contributed by atoms with Crippen molar-refractivity contribution in [2.45, 2.75) is 64.2 Å². The first-order valence-electron chi connectivity index (χ1n) is 9.07. The van der Waals surface area contributed by atoms with Crippen molar-refractivity contribution in [3.63, 3.8) is 0 Å². The molecule has 2 amide bonds. The van der Waals surface area contributed by atoms with Gasteiger partial charge in [-0.15, -0.1) is 0 Å². The Morgan fingerprint density at radius 3 is 2.28 bits per heavy atom. The summed E-state index contributed by atoms with van der Waals surface area (Å²) in [6.07, 6.45) is 8.62. The zero-order chi connectivity index (χ0) is 17.9. The molecule has 25 heavy (non-hydrogen) atoms. The molecule has 0 spiro atoms. The largest absolute Gasteiger partial charge is 0.506 e. The lowest BCUT2D eigenvalue weighted by Crippen LogP contribution is -2.18. The van der Waals surface area contributed by atoms with E-state index in [-0.39, 0.29) is 17.6 Å². The number of aromatic hydroxyl groups is 1. The van der Waals surface area contributed by atoms with E-state index in [9.17, 15) is 14.7 Å². The number of hydrogen-bond donors (Lipinski definition) is 3. The van der Waals surface area contributed by atoms with Crippen molar-refractivity contribution in [1.82, 2.24) is 5.43 Å². The summed E-state index contributed by atoms with van der Waals surface area (Å²) >= 11 is 0. The van der Waals surface area contributed by atoms with E-state index in [0.717, 1.165) is 44.2 Å². The van der Waals surface area contributed by atoms with Crippen LogP contribution in [0.3, 0.4) is 0 Å². The molecule has 1 aromatic rings. The predicted molar refractivity (Wildman–Crippen MR) is 98.5 cm³/mol. The molecule has 6 nitrogen and oxygen atoms in total. The molecule has 1 aliphatic carbocycles. The van der Waals surface area contributed by atoms with E-state index in [1.165, 1.54) is 18.9 Å². The minimum Gasteiger partial charge on any atom is -0.506 e. The highest BCUT2D eigenvalue weighted by atomic mass is 16.3. The minimum absolute atomic E-state index is 0.0308. The van der Waals surface area contributed by atoms with E-state index in [1.807, 2.05) is 0 Å². The normalized spacial score (nSPS) is 13.5. The molecule has 0 atom stereocenters. The Bertz CT molecular complexity index is 606. The number of rotatable bonds is 9. The second kappa shape index (κ2) is 10.5. The molecule has 1 fully saturated rings. The van der Waals surface area contributed by atoms with Crippen molar-refractivity contribution in [3.05, 3.63) is 24.3 Å². The molecule has 1 saturated carbocycles. The number of benzene rings is 1. The quantitative estimate of drug-likeness (QED) is 0.362. The molecule has 0 radical (unpaired) electrons. The van der Waals surface area contributed by atoms with Crippen molar-refractivity contribution >= 4 is 23.2 Å². The summed E-state index contributed by atoms with van der Waals surface area (Å²) in [6.45, 7) is 0. The number of para-hydroxylation sites is 2. The standard InChI is InChI=1S/C19H27N3O3/c23-17-12-8-7-11-16(17)20-18(24)13-3-1-2-4-14-19(25)22-21-15-9-5-6-10-15/h7-8,11-12,23H,1-6,9-10,13-14H2,(H,20,24)(H,22,25). The van der Waals surface area contributed by atoms with E-state index in [2.05, 4.69) is 15.8 Å². The van der Waals surface area contributed by atoms with Crippen LogP contribution in [-0.4, -0.2) is 22.6 Å². The van der Waals surface area contributed by atoms with Gasteiger partial charge in [0.1, 0.15) is 5.75 Å². The number of amides is 2. The number of unbranched alkanes of at least 4 members (excludes halogenated alkanes) is 3. The summed E-state index contributed by atoms with van der Waals surface area (Å²) in [5.41, 5.74) is 4.17. The van der Waals surface area contributed by atoms with Gasteiger partial charge in [-0.2, -0.15) is 5.10 Å². The number of carbonyl (C=O) groups excluding carboxylic acids is 2. The fourth-order valence-electron chi connectivity index (χ4n) is 2.81. The van der Waals surface area contributed by atoms with E-state index in [0.29, 0.717) is 18.5 Å². The first-order valence-corrected chi connectivity index (χ1v) is 9.07. The summed E-state index contributed by atoms with van der Waals surface area (Å²) < 4.78 is 0. The topological polar surface area (TPSA) is 90.8 Å². The number of phenols is 1. The molecule has 0 heterocycles. The molecule has 3 N–H and O–H groups in total. The fourth-order valence-corrected chi connectivity index (χ4v) is 2.81. The first-order chi connectivity index (χ1) is 12.1. The Kier molecular flexibility index (Phi) is 7.95. The predicted octanol–water partition coefficient (Wildman–Crippen LogP) is 3.72. The van der Waals surface area contributed by atoms with Gasteiger partial charge in [0, 0.05) is 18.6 Å². The highest BCUT2D eigenvalue weighted by Gasteiger charge is 2.09. The van der Waals surface area contributed by atoms with Crippen LogP contribution in [0.2, 0.25) is 0 Å². The Balaban J connectivity index is 1.50. The molecule has 6 heteroatoms. The second-order valence-corrected chi connectivity index (χ2v) is 6.40. The Hall–Kier alpha value is -2.37. The first kappa shape index (κ1) is 19.0. The lowest BCUT2D eigenvalue weighted by molar-refractivity contribution is -0.121. The average molecular weight is 345 g/mol. The Labute approximate surface area is 148 Å². The Morgan fingerprint density at radius 1 is 0.960 bits per heavy atom. The van der Waals surface area contributed by atoms with Crippen molar-refractivity contribution in [3.8, 4) is 5.75 Å². The maximum absolute atomic E-state index is 11.8. The summed E-state index contributed by atoms with van der Waals surface area (Å²) in [5.74, 6) is -0.0635. The Morgan fingerprint density at radius 2 is 1.60 bits per heavy atom. The van der Waals surface area contributed by atoms with Gasteiger partial charge in [0.2, 0.25) is 11.8 Å². The summed E-state index contributed by atoms with van der Waals surface area (Å²) in [4.78, 5) is 23.5. The number of phenolic OH excluding ortho intramolecular Hbond substituents is 1. The molecular weight excluding hydrogens is 318 g/mol. The van der Waals surface area contributed by atoms with Gasteiger partial charge in [0.25, 0.3) is 0 Å². The third-order valence-electron chi connectivity index (χ3n) is 4.26. The van der Waals surface area contributed by atoms with Gasteiger partial charge in [-0.3, -0.25) is 9.59 Å². The van der Waals surface area contributed by atoms with Crippen molar-refractivity contribution in [2.75, 3.05) is 5.32 Å². The van der Waals surface area contributed by atoms with Crippen LogP contribution in [0.4, 0.5) is 5.69 Å². The molecular formula is C19H27N3O3. The van der Waals surface area contributed by atoms with Crippen molar-refractivity contribution in [1.29, 1.82) is 0 Å². The highest BCUT2D eigenvalue weighted by Crippen LogP contribution is 2.21. The average Bonchev–Trinajstić information content (AvgIpc) is 3.12. The zero-order valence-corrected chi connectivity index (χ0v) is 14.6. The van der Waals surface area contributed by atoms with Gasteiger partial charge in [-0.1, -0.05) is 25.0 Å². The molecule has 1 aromatic carbocycles. The van der Waals surface area contributed by atoms with Crippen LogP contribution in [0.15, 0.2) is 29.4 Å². The van der Waals surface area contributed by atoms with E-state index in [1.54, 1.807) is 18.2 Å². The van der Waals surface area contributed by atoms with Gasteiger partial charge in [0.15, 0.2) is 0 Å². The van der Waals surface area contributed by atoms with Crippen LogP contribution >= 0.6 is 0 Å². The van der Waals surface area contributed by atoms with E-state index < -0.39 is 0 Å². The lowest BCUT2D eigenvalue weighted by Gasteiger charge is -2.07. The van der Waals surface area contributed by atoms with Gasteiger partial charge in [-0.05, 0) is 50.7 Å². The lowest BCUT2D eigenvalue weighted by atomic mass is 10.1. The van der Waals surface area contributed by atoms with Gasteiger partial charge >= 0.3 is 0 Å². The smallest absolute Gasteiger partial charge is 0.240 e. The number of hydrogen-bond acceptors (Lipinski definition) is 4. The number of carbonyl (C=O) groups is 2. The maximum Gasteiger partial charge on any atom is 0.240 e. The van der Waals surface area contributed by atoms with Crippen LogP contribution in [0.5, 0.6) is 5.75 Å². The molecule has 0 bridgehead atoms. The van der Waals surface area contributed by atoms with Gasteiger partial charge in [-0.25, -0.2) is 5.43 Å². The molecule has 0 saturated heterocycles. The van der Waals surface area contributed by atoms with Crippen LogP contribution in [0, 0.1) is 0 Å². The number of nitrogens with zero attached hydrogens (tertiary/aromatic N) is 1. The number of hydrazone groups is 1. The molecule has 0 aliphatic heterocycles. The zero-order valence-electron chi connectivity index (χ0n) is 14.6. The molecule has 0 unspecified atom stereocenters. The summed E-state index contributed by atoms with van der Waals surface area (Å²) in [7, 11) is 0. The van der Waals surface area contributed by atoms with Crippen LogP contribution in [0.25, 0.3) is 0 Å². The molecule has 1 aliphatic rings. The summed E-state index contributed by atoms with van der Waals surface area (Å²) in [5, 5.41) is 16.5. The second-order valence-electron chi connectivity index (χ2n) is 6.40. The van der Waals surface area contributed by atoms with Crippen LogP contribution in [-0.2, 0) is 9.59 Å². The monoisotopic (exact) mass is 345 g/mol.